The number of methoxy groups -OCH3 is 1. The highest BCUT2D eigenvalue weighted by Crippen LogP contribution is 2.22. The van der Waals surface area contributed by atoms with Crippen LogP contribution >= 0.6 is 23.2 Å². The first-order valence-electron chi connectivity index (χ1n) is 3.70. The Morgan fingerprint density at radius 3 is 2.92 bits per heavy atom. The summed E-state index contributed by atoms with van der Waals surface area (Å²) < 4.78 is 4.90. The Bertz CT molecular complexity index is 293. The lowest BCUT2D eigenvalue weighted by Crippen LogP contribution is -2.16. The molecule has 0 aliphatic heterocycles. The molecule has 0 aromatic carbocycles. The maximum Gasteiger partial charge on any atom is 0.133 e. The van der Waals surface area contributed by atoms with E-state index in [1.165, 1.54) is 6.20 Å². The molecule has 1 heterocycles. The Balaban J connectivity index is 2.91. The number of hydrogen-bond acceptors (Lipinski definition) is 3. The van der Waals surface area contributed by atoms with E-state index in [4.69, 9.17) is 33.7 Å². The van der Waals surface area contributed by atoms with Crippen LogP contribution in [0.4, 0.5) is 0 Å². The number of nitrogens with zero attached hydrogens (tertiary/aromatic N) is 1. The van der Waals surface area contributed by atoms with Gasteiger partial charge in [0.05, 0.1) is 17.7 Å². The van der Waals surface area contributed by atoms with Crippen molar-refractivity contribution in [2.24, 2.45) is 5.73 Å². The number of nitrogens with two attached hydrogens (primary N) is 1. The van der Waals surface area contributed by atoms with Gasteiger partial charge in [-0.2, -0.15) is 0 Å². The SMILES string of the molecule is COC[C@H](N)c1cc(Cl)cnc1Cl. The van der Waals surface area contributed by atoms with E-state index in [0.29, 0.717) is 22.3 Å². The van der Waals surface area contributed by atoms with E-state index >= 15 is 0 Å². The maximum atomic E-state index is 5.82. The van der Waals surface area contributed by atoms with Gasteiger partial charge in [0, 0.05) is 18.9 Å². The van der Waals surface area contributed by atoms with Crippen molar-refractivity contribution in [3.05, 3.63) is 28.0 Å². The van der Waals surface area contributed by atoms with Crippen molar-refractivity contribution >= 4 is 23.2 Å². The fourth-order valence-corrected chi connectivity index (χ4v) is 1.38. The lowest BCUT2D eigenvalue weighted by Gasteiger charge is -2.11. The van der Waals surface area contributed by atoms with Crippen molar-refractivity contribution in [2.45, 2.75) is 6.04 Å². The van der Waals surface area contributed by atoms with Gasteiger partial charge in [-0.15, -0.1) is 0 Å². The van der Waals surface area contributed by atoms with Gasteiger partial charge >= 0.3 is 0 Å². The molecule has 0 unspecified atom stereocenters. The Morgan fingerprint density at radius 2 is 2.31 bits per heavy atom. The molecule has 0 saturated heterocycles. The van der Waals surface area contributed by atoms with Crippen LogP contribution in [0, 0.1) is 0 Å². The fourth-order valence-electron chi connectivity index (χ4n) is 0.968. The molecule has 0 radical (unpaired) electrons. The molecular weight excluding hydrogens is 211 g/mol. The monoisotopic (exact) mass is 220 g/mol. The fraction of sp³-hybridized carbons (Fsp3) is 0.375. The first-order valence-corrected chi connectivity index (χ1v) is 4.46. The smallest absolute Gasteiger partial charge is 0.133 e. The summed E-state index contributed by atoms with van der Waals surface area (Å²) >= 11 is 11.6. The molecule has 0 aliphatic rings. The van der Waals surface area contributed by atoms with Gasteiger partial charge in [-0.05, 0) is 6.07 Å². The zero-order chi connectivity index (χ0) is 9.84. The van der Waals surface area contributed by atoms with Crippen molar-refractivity contribution in [1.82, 2.24) is 4.98 Å². The molecule has 1 aromatic rings. The van der Waals surface area contributed by atoms with Crippen molar-refractivity contribution in [3.63, 3.8) is 0 Å². The van der Waals surface area contributed by atoms with E-state index in [1.807, 2.05) is 0 Å². The first kappa shape index (κ1) is 10.7. The van der Waals surface area contributed by atoms with Gasteiger partial charge in [0.25, 0.3) is 0 Å². The summed E-state index contributed by atoms with van der Waals surface area (Å²) in [4.78, 5) is 3.88. The predicted molar refractivity (Wildman–Crippen MR) is 53.1 cm³/mol. The van der Waals surface area contributed by atoms with Gasteiger partial charge in [0.15, 0.2) is 0 Å². The van der Waals surface area contributed by atoms with Gasteiger partial charge in [-0.25, -0.2) is 4.98 Å². The van der Waals surface area contributed by atoms with E-state index in [2.05, 4.69) is 4.98 Å². The quantitative estimate of drug-likeness (QED) is 0.794. The van der Waals surface area contributed by atoms with Gasteiger partial charge < -0.3 is 10.5 Å². The van der Waals surface area contributed by atoms with Crippen LogP contribution in [0.5, 0.6) is 0 Å². The highest BCUT2D eigenvalue weighted by Gasteiger charge is 2.11. The van der Waals surface area contributed by atoms with Crippen LogP contribution in [0.15, 0.2) is 12.3 Å². The Morgan fingerprint density at radius 1 is 1.62 bits per heavy atom. The topological polar surface area (TPSA) is 48.1 Å². The van der Waals surface area contributed by atoms with Crippen molar-refractivity contribution in [1.29, 1.82) is 0 Å². The number of hydrogen-bond donors (Lipinski definition) is 1. The standard InChI is InChI=1S/C8H10Cl2N2O/c1-13-4-7(11)6-2-5(9)3-12-8(6)10/h2-3,7H,4,11H2,1H3/t7-/m0/s1. The molecule has 0 amide bonds. The number of rotatable bonds is 3. The molecular formula is C8H10Cl2N2O. The lowest BCUT2D eigenvalue weighted by atomic mass is 10.1. The molecule has 0 saturated carbocycles. The highest BCUT2D eigenvalue weighted by molar-refractivity contribution is 6.32. The zero-order valence-corrected chi connectivity index (χ0v) is 8.64. The summed E-state index contributed by atoms with van der Waals surface area (Å²) in [6.07, 6.45) is 1.48. The van der Waals surface area contributed by atoms with Gasteiger partial charge in [-0.3, -0.25) is 0 Å². The maximum absolute atomic E-state index is 5.82. The molecule has 1 atom stereocenters. The normalized spacial score (nSPS) is 12.9. The van der Waals surface area contributed by atoms with E-state index in [-0.39, 0.29) is 6.04 Å². The van der Waals surface area contributed by atoms with Crippen LogP contribution < -0.4 is 5.73 Å². The van der Waals surface area contributed by atoms with Crippen molar-refractivity contribution < 1.29 is 4.74 Å². The molecule has 0 spiro atoms. The van der Waals surface area contributed by atoms with Crippen LogP contribution in [0.2, 0.25) is 10.2 Å². The minimum absolute atomic E-state index is 0.288. The van der Waals surface area contributed by atoms with Gasteiger partial charge in [0.2, 0.25) is 0 Å². The minimum atomic E-state index is -0.288. The summed E-state index contributed by atoms with van der Waals surface area (Å²) in [6.45, 7) is 0.391. The molecule has 72 valence electrons. The minimum Gasteiger partial charge on any atom is -0.383 e. The molecule has 0 aliphatic carbocycles. The van der Waals surface area contributed by atoms with E-state index in [0.717, 1.165) is 0 Å². The number of halogens is 2. The lowest BCUT2D eigenvalue weighted by molar-refractivity contribution is 0.181. The average molecular weight is 221 g/mol. The Labute approximate surface area is 86.8 Å². The molecule has 3 nitrogen and oxygen atoms in total. The van der Waals surface area contributed by atoms with Gasteiger partial charge in [-0.1, -0.05) is 23.2 Å². The van der Waals surface area contributed by atoms with Gasteiger partial charge in [0.1, 0.15) is 5.15 Å². The third-order valence-corrected chi connectivity index (χ3v) is 2.10. The molecule has 5 heteroatoms. The summed E-state index contributed by atoms with van der Waals surface area (Å²) in [5.41, 5.74) is 6.47. The van der Waals surface area contributed by atoms with Crippen LogP contribution in [0.3, 0.4) is 0 Å². The van der Waals surface area contributed by atoms with Crippen molar-refractivity contribution in [3.8, 4) is 0 Å². The highest BCUT2D eigenvalue weighted by atomic mass is 35.5. The van der Waals surface area contributed by atoms with Crippen LogP contribution in [-0.2, 0) is 4.74 Å². The summed E-state index contributed by atoms with van der Waals surface area (Å²) in [7, 11) is 1.58. The molecule has 1 rings (SSSR count). The Hall–Kier alpha value is -0.350. The number of pyridine rings is 1. The third kappa shape index (κ3) is 2.81. The number of aromatic nitrogens is 1. The molecule has 13 heavy (non-hydrogen) atoms. The second-order valence-corrected chi connectivity index (χ2v) is 3.39. The van der Waals surface area contributed by atoms with E-state index < -0.39 is 0 Å². The first-order chi connectivity index (χ1) is 6.15. The molecule has 1 aromatic heterocycles. The summed E-state index contributed by atoms with van der Waals surface area (Å²) in [6, 6.07) is 1.41. The van der Waals surface area contributed by atoms with Crippen LogP contribution in [-0.4, -0.2) is 18.7 Å². The summed E-state index contributed by atoms with van der Waals surface area (Å²) in [5.74, 6) is 0. The molecule has 2 N–H and O–H groups in total. The second-order valence-electron chi connectivity index (χ2n) is 2.60. The third-order valence-electron chi connectivity index (χ3n) is 1.58. The largest absolute Gasteiger partial charge is 0.383 e. The molecule has 0 fully saturated rings. The second kappa shape index (κ2) is 4.77. The molecule has 0 bridgehead atoms. The zero-order valence-electron chi connectivity index (χ0n) is 7.13. The predicted octanol–water partition coefficient (Wildman–Crippen LogP) is 2.03. The van der Waals surface area contributed by atoms with E-state index in [9.17, 15) is 0 Å². The van der Waals surface area contributed by atoms with Crippen LogP contribution in [0.1, 0.15) is 11.6 Å². The van der Waals surface area contributed by atoms with E-state index in [1.54, 1.807) is 13.2 Å². The number of ether oxygens (including phenoxy) is 1. The Kier molecular flexibility index (Phi) is 3.93. The average Bonchev–Trinajstić information content (AvgIpc) is 2.09. The summed E-state index contributed by atoms with van der Waals surface area (Å²) in [5, 5.41) is 0.889. The van der Waals surface area contributed by atoms with Crippen LogP contribution in [0.25, 0.3) is 0 Å². The van der Waals surface area contributed by atoms with Crippen molar-refractivity contribution in [2.75, 3.05) is 13.7 Å².